The average molecular weight is 370 g/mol. The molecule has 27 heavy (non-hydrogen) atoms. The third kappa shape index (κ3) is 2.16. The highest BCUT2D eigenvalue weighted by Gasteiger charge is 2.72. The van der Waals surface area contributed by atoms with Crippen LogP contribution in [0.1, 0.15) is 82.8 Å². The molecule has 0 amide bonds. The van der Waals surface area contributed by atoms with E-state index in [9.17, 15) is 10.2 Å². The third-order valence-corrected chi connectivity index (χ3v) is 8.77. The molecule has 2 N–H and O–H groups in total. The van der Waals surface area contributed by atoms with Crippen molar-refractivity contribution >= 4 is 0 Å². The number of phenolic OH excluding ortho intramolecular Hbond substituents is 1. The maximum atomic E-state index is 12.1. The molecular formula is C24H35NO2. The van der Waals surface area contributed by atoms with Gasteiger partial charge in [-0.25, -0.2) is 0 Å². The monoisotopic (exact) mass is 369 g/mol. The summed E-state index contributed by atoms with van der Waals surface area (Å²) in [6.07, 6.45) is 10.8. The number of nitrogens with zero attached hydrogens (tertiary/aromatic N) is 1. The normalized spacial score (nSPS) is 42.0. The second-order valence-corrected chi connectivity index (χ2v) is 9.85. The van der Waals surface area contributed by atoms with E-state index in [0.717, 1.165) is 44.6 Å². The Morgan fingerprint density at radius 2 is 1.85 bits per heavy atom. The summed E-state index contributed by atoms with van der Waals surface area (Å²) in [5, 5.41) is 22.3. The van der Waals surface area contributed by atoms with E-state index in [4.69, 9.17) is 0 Å². The molecule has 1 saturated heterocycles. The fourth-order valence-electron chi connectivity index (χ4n) is 7.59. The SMILES string of the molecule is CC.Oc1ccc2c(c1)C13CCCCC1(O)C1CC2(CN1CC1CCC1)C3. The van der Waals surface area contributed by atoms with Crippen LogP contribution in [0.4, 0.5) is 0 Å². The first kappa shape index (κ1) is 18.0. The molecule has 1 aromatic carbocycles. The summed E-state index contributed by atoms with van der Waals surface area (Å²) in [4.78, 5) is 2.69. The van der Waals surface area contributed by atoms with Crippen LogP contribution in [0.3, 0.4) is 0 Å². The quantitative estimate of drug-likeness (QED) is 0.807. The third-order valence-electron chi connectivity index (χ3n) is 8.77. The number of fused-ring (bicyclic) bond motifs is 3. The standard InChI is InChI=1S/C22H29NO2.C2H6/c24-16-6-7-17-18(10-16)21-8-1-2-9-22(21,25)19-11-20(17,13-21)14-23(19)12-15-4-3-5-15;1-2/h6-7,10,15,19,24-25H,1-5,8-9,11-14H2;1-2H3. The number of aliphatic hydroxyl groups is 1. The van der Waals surface area contributed by atoms with Crippen molar-refractivity contribution in [3.05, 3.63) is 29.3 Å². The van der Waals surface area contributed by atoms with Gasteiger partial charge in [0.25, 0.3) is 0 Å². The van der Waals surface area contributed by atoms with Gasteiger partial charge in [-0.2, -0.15) is 0 Å². The van der Waals surface area contributed by atoms with Gasteiger partial charge < -0.3 is 10.2 Å². The minimum absolute atomic E-state index is 0.114. The Bertz CT molecular complexity index is 744. The van der Waals surface area contributed by atoms with Gasteiger partial charge in [-0.1, -0.05) is 39.2 Å². The predicted molar refractivity (Wildman–Crippen MR) is 108 cm³/mol. The van der Waals surface area contributed by atoms with Crippen molar-refractivity contribution in [2.45, 2.75) is 94.1 Å². The van der Waals surface area contributed by atoms with E-state index in [1.54, 1.807) is 0 Å². The Balaban J connectivity index is 0.000000777. The number of likely N-dealkylation sites (tertiary alicyclic amines) is 1. The van der Waals surface area contributed by atoms with Gasteiger partial charge in [0.05, 0.1) is 5.60 Å². The molecule has 3 heteroatoms. The van der Waals surface area contributed by atoms with Gasteiger partial charge in [-0.15, -0.1) is 0 Å². The highest BCUT2D eigenvalue weighted by molar-refractivity contribution is 5.56. The molecule has 4 fully saturated rings. The molecule has 1 aliphatic heterocycles. The number of phenols is 1. The lowest BCUT2D eigenvalue weighted by molar-refractivity contribution is -0.130. The second kappa shape index (κ2) is 5.97. The Labute approximate surface area is 163 Å². The highest BCUT2D eigenvalue weighted by Crippen LogP contribution is 2.69. The van der Waals surface area contributed by atoms with Gasteiger partial charge in [0.15, 0.2) is 0 Å². The minimum Gasteiger partial charge on any atom is -0.508 e. The fourth-order valence-corrected chi connectivity index (χ4v) is 7.59. The topological polar surface area (TPSA) is 43.7 Å². The van der Waals surface area contributed by atoms with E-state index in [2.05, 4.69) is 11.0 Å². The lowest BCUT2D eigenvalue weighted by Crippen LogP contribution is -2.64. The number of benzene rings is 1. The Hall–Kier alpha value is -1.06. The van der Waals surface area contributed by atoms with Crippen molar-refractivity contribution < 1.29 is 10.2 Å². The molecule has 3 bridgehead atoms. The molecule has 5 aliphatic rings. The zero-order valence-electron chi connectivity index (χ0n) is 17.0. The van der Waals surface area contributed by atoms with Gasteiger partial charge in [-0.3, -0.25) is 4.90 Å². The summed E-state index contributed by atoms with van der Waals surface area (Å²) in [7, 11) is 0. The van der Waals surface area contributed by atoms with E-state index in [-0.39, 0.29) is 10.8 Å². The van der Waals surface area contributed by atoms with Crippen LogP contribution in [0.15, 0.2) is 18.2 Å². The van der Waals surface area contributed by atoms with E-state index in [1.807, 2.05) is 26.0 Å². The number of hydrogen-bond donors (Lipinski definition) is 2. The van der Waals surface area contributed by atoms with Crippen LogP contribution in [0.2, 0.25) is 0 Å². The molecule has 0 aromatic heterocycles. The van der Waals surface area contributed by atoms with Gasteiger partial charge >= 0.3 is 0 Å². The molecule has 0 radical (unpaired) electrons. The summed E-state index contributed by atoms with van der Waals surface area (Å²) in [6.45, 7) is 6.31. The molecular weight excluding hydrogens is 334 g/mol. The van der Waals surface area contributed by atoms with Crippen LogP contribution in [-0.4, -0.2) is 39.8 Å². The molecule has 3 saturated carbocycles. The van der Waals surface area contributed by atoms with Crippen molar-refractivity contribution in [1.82, 2.24) is 4.90 Å². The molecule has 6 rings (SSSR count). The number of aromatic hydroxyl groups is 1. The summed E-state index contributed by atoms with van der Waals surface area (Å²) in [6, 6.07) is 6.37. The van der Waals surface area contributed by atoms with Gasteiger partial charge in [-0.05, 0) is 67.7 Å². The van der Waals surface area contributed by atoms with Crippen molar-refractivity contribution in [2.75, 3.05) is 13.1 Å². The lowest BCUT2D eigenvalue weighted by Gasteiger charge is -2.56. The zero-order chi connectivity index (χ0) is 18.9. The van der Waals surface area contributed by atoms with Crippen molar-refractivity contribution in [3.63, 3.8) is 0 Å². The Morgan fingerprint density at radius 1 is 1.07 bits per heavy atom. The first-order valence-electron chi connectivity index (χ1n) is 11.4. The molecule has 3 nitrogen and oxygen atoms in total. The van der Waals surface area contributed by atoms with Crippen LogP contribution in [-0.2, 0) is 10.8 Å². The predicted octanol–water partition coefficient (Wildman–Crippen LogP) is 4.49. The maximum absolute atomic E-state index is 12.1. The summed E-state index contributed by atoms with van der Waals surface area (Å²) in [5.74, 6) is 1.23. The zero-order valence-corrected chi connectivity index (χ0v) is 17.0. The Kier molecular flexibility index (Phi) is 3.98. The van der Waals surface area contributed by atoms with Gasteiger partial charge in [0, 0.05) is 30.0 Å². The Morgan fingerprint density at radius 3 is 2.59 bits per heavy atom. The van der Waals surface area contributed by atoms with Crippen LogP contribution >= 0.6 is 0 Å². The number of hydrogen-bond acceptors (Lipinski definition) is 3. The second-order valence-electron chi connectivity index (χ2n) is 9.85. The van der Waals surface area contributed by atoms with Gasteiger partial charge in [0.1, 0.15) is 5.75 Å². The van der Waals surface area contributed by atoms with Crippen LogP contribution in [0.25, 0.3) is 0 Å². The maximum Gasteiger partial charge on any atom is 0.115 e. The largest absolute Gasteiger partial charge is 0.508 e. The van der Waals surface area contributed by atoms with E-state index >= 15 is 0 Å². The molecule has 4 aliphatic carbocycles. The van der Waals surface area contributed by atoms with E-state index < -0.39 is 5.60 Å². The van der Waals surface area contributed by atoms with Crippen LogP contribution in [0.5, 0.6) is 5.75 Å². The first-order valence-corrected chi connectivity index (χ1v) is 11.4. The molecule has 4 unspecified atom stereocenters. The van der Waals surface area contributed by atoms with Gasteiger partial charge in [0.2, 0.25) is 0 Å². The molecule has 148 valence electrons. The first-order chi connectivity index (χ1) is 13.1. The molecule has 1 aromatic rings. The summed E-state index contributed by atoms with van der Waals surface area (Å²) in [5.41, 5.74) is 2.25. The summed E-state index contributed by atoms with van der Waals surface area (Å²) < 4.78 is 0. The molecule has 1 heterocycles. The van der Waals surface area contributed by atoms with Crippen LogP contribution in [0, 0.1) is 5.92 Å². The van der Waals surface area contributed by atoms with E-state index in [0.29, 0.717) is 11.8 Å². The number of rotatable bonds is 2. The highest BCUT2D eigenvalue weighted by atomic mass is 16.3. The van der Waals surface area contributed by atoms with E-state index in [1.165, 1.54) is 43.4 Å². The summed E-state index contributed by atoms with van der Waals surface area (Å²) >= 11 is 0. The van der Waals surface area contributed by atoms with Crippen molar-refractivity contribution in [1.29, 1.82) is 0 Å². The van der Waals surface area contributed by atoms with Crippen molar-refractivity contribution in [3.8, 4) is 5.75 Å². The smallest absolute Gasteiger partial charge is 0.115 e. The van der Waals surface area contributed by atoms with Crippen LogP contribution < -0.4 is 0 Å². The fraction of sp³-hybridized carbons (Fsp3) is 0.750. The molecule has 4 atom stereocenters. The lowest BCUT2D eigenvalue weighted by atomic mass is 9.53. The average Bonchev–Trinajstić information content (AvgIpc) is 3.08. The van der Waals surface area contributed by atoms with Crippen molar-refractivity contribution in [2.24, 2.45) is 5.92 Å². The minimum atomic E-state index is -0.603. The molecule has 2 spiro atoms.